The van der Waals surface area contributed by atoms with Gasteiger partial charge < -0.3 is 15.0 Å². The summed E-state index contributed by atoms with van der Waals surface area (Å²) in [5, 5.41) is 2.71. The van der Waals surface area contributed by atoms with Crippen molar-refractivity contribution in [3.8, 4) is 0 Å². The van der Waals surface area contributed by atoms with Gasteiger partial charge in [-0.05, 0) is 73.8 Å². The van der Waals surface area contributed by atoms with Gasteiger partial charge in [0.05, 0.1) is 6.04 Å². The summed E-state index contributed by atoms with van der Waals surface area (Å²) in [6, 6.07) is 9.98. The Morgan fingerprint density at radius 3 is 2.33 bits per heavy atom. The number of benzene rings is 2. The Balaban J connectivity index is 1.70. The van der Waals surface area contributed by atoms with E-state index in [0.29, 0.717) is 36.7 Å². The minimum atomic E-state index is -0.786. The molecular weight excluding hydrogens is 500 g/mol. The van der Waals surface area contributed by atoms with E-state index in [1.165, 1.54) is 12.1 Å². The summed E-state index contributed by atoms with van der Waals surface area (Å²) in [5.41, 5.74) is 0.811. The molecule has 2 aliphatic rings. The first-order valence-corrected chi connectivity index (χ1v) is 13.9. The average molecular weight is 538 g/mol. The van der Waals surface area contributed by atoms with Gasteiger partial charge >= 0.3 is 0 Å². The number of amides is 2. The molecule has 4 rings (SSSR count). The van der Waals surface area contributed by atoms with Crippen molar-refractivity contribution in [1.29, 1.82) is 0 Å². The van der Waals surface area contributed by atoms with Gasteiger partial charge in [0.1, 0.15) is 29.3 Å². The van der Waals surface area contributed by atoms with E-state index in [-0.39, 0.29) is 42.1 Å². The second-order valence-corrected chi connectivity index (χ2v) is 11.0. The Labute approximate surface area is 228 Å². The highest BCUT2D eigenvalue weighted by Gasteiger charge is 2.52. The minimum absolute atomic E-state index is 0.101. The number of carbonyl (C=O) groups excluding carboxylic acids is 3. The van der Waals surface area contributed by atoms with Crippen LogP contribution in [0.1, 0.15) is 93.2 Å². The zero-order valence-corrected chi connectivity index (χ0v) is 22.9. The van der Waals surface area contributed by atoms with E-state index in [4.69, 9.17) is 4.99 Å². The third-order valence-corrected chi connectivity index (χ3v) is 8.08. The molecule has 39 heavy (non-hydrogen) atoms. The molecule has 208 valence electrons. The summed E-state index contributed by atoms with van der Waals surface area (Å²) in [6.45, 7) is 6.74. The number of carbonyl (C=O) groups is 3. The molecule has 1 atom stereocenters. The smallest absolute Gasteiger partial charge is 0.275 e. The first-order chi connectivity index (χ1) is 18.7. The van der Waals surface area contributed by atoms with Crippen molar-refractivity contribution in [3.63, 3.8) is 0 Å². The van der Waals surface area contributed by atoms with Crippen LogP contribution >= 0.6 is 0 Å². The lowest BCUT2D eigenvalue weighted by molar-refractivity contribution is -0.133. The van der Waals surface area contributed by atoms with Gasteiger partial charge in [0.2, 0.25) is 0 Å². The molecule has 1 N–H and O–H groups in total. The summed E-state index contributed by atoms with van der Waals surface area (Å²) in [7, 11) is 0. The van der Waals surface area contributed by atoms with Crippen LogP contribution in [0.4, 0.5) is 8.78 Å². The quantitative estimate of drug-likeness (QED) is 0.298. The normalized spacial score (nSPS) is 21.8. The molecule has 0 aromatic heterocycles. The third-order valence-electron chi connectivity index (χ3n) is 8.08. The first-order valence-electron chi connectivity index (χ1n) is 13.9. The maximum absolute atomic E-state index is 14.2. The van der Waals surface area contributed by atoms with Crippen LogP contribution in [0.15, 0.2) is 47.5 Å². The highest BCUT2D eigenvalue weighted by Crippen LogP contribution is 2.48. The predicted molar refractivity (Wildman–Crippen MR) is 146 cm³/mol. The molecule has 1 fully saturated rings. The van der Waals surface area contributed by atoms with Gasteiger partial charge in [-0.3, -0.25) is 14.6 Å². The number of hydrogen-bond donors (Lipinski definition) is 1. The van der Waals surface area contributed by atoms with Crippen molar-refractivity contribution >= 4 is 23.8 Å². The number of halogens is 2. The molecule has 1 aliphatic heterocycles. The summed E-state index contributed by atoms with van der Waals surface area (Å²) in [6.07, 6.45) is 5.66. The van der Waals surface area contributed by atoms with Crippen LogP contribution in [-0.4, -0.2) is 40.9 Å². The van der Waals surface area contributed by atoms with Crippen LogP contribution in [-0.2, 0) is 9.59 Å². The van der Waals surface area contributed by atoms with Crippen molar-refractivity contribution < 1.29 is 23.2 Å². The summed E-state index contributed by atoms with van der Waals surface area (Å²) >= 11 is 0. The molecule has 6 nitrogen and oxygen atoms in total. The highest BCUT2D eigenvalue weighted by atomic mass is 19.1. The van der Waals surface area contributed by atoms with Crippen LogP contribution in [0.2, 0.25) is 0 Å². The largest absolute Gasteiger partial charge is 0.352 e. The standard InChI is InChI=1S/C31H37F2N3O3/c1-4-6-27(22-7-9-23(10-8-22)29(38)34-15-5-16-37)36-30(39)28(24-17-25(32)19-26(33)18-24)35-31(36)13-11-21(12-14-31)20(2)3/h7-10,16-21,27H,4-6,11-15H2,1-3H3,(H,34,38). The summed E-state index contributed by atoms with van der Waals surface area (Å²) < 4.78 is 28.3. The molecule has 8 heteroatoms. The lowest BCUT2D eigenvalue weighted by Crippen LogP contribution is -2.51. The van der Waals surface area contributed by atoms with Crippen molar-refractivity contribution in [2.45, 2.75) is 77.4 Å². The second-order valence-electron chi connectivity index (χ2n) is 11.0. The number of nitrogens with zero attached hydrogens (tertiary/aromatic N) is 2. The molecule has 1 saturated carbocycles. The Hall–Kier alpha value is -3.42. The summed E-state index contributed by atoms with van der Waals surface area (Å²) in [4.78, 5) is 43.9. The van der Waals surface area contributed by atoms with Gasteiger partial charge in [0.15, 0.2) is 0 Å². The second kappa shape index (κ2) is 12.2. The van der Waals surface area contributed by atoms with E-state index in [0.717, 1.165) is 37.2 Å². The molecule has 1 heterocycles. The van der Waals surface area contributed by atoms with E-state index in [9.17, 15) is 23.2 Å². The number of hydrogen-bond acceptors (Lipinski definition) is 4. The molecular formula is C31H37F2N3O3. The third kappa shape index (κ3) is 6.10. The fourth-order valence-electron chi connectivity index (χ4n) is 5.97. The highest BCUT2D eigenvalue weighted by molar-refractivity contribution is 6.46. The molecule has 2 amide bonds. The van der Waals surface area contributed by atoms with Crippen molar-refractivity contribution in [3.05, 3.63) is 70.8 Å². The number of nitrogens with one attached hydrogen (secondary N) is 1. The van der Waals surface area contributed by atoms with Crippen LogP contribution in [0.25, 0.3) is 0 Å². The Bertz CT molecular complexity index is 1210. The van der Waals surface area contributed by atoms with Crippen molar-refractivity contribution in [2.24, 2.45) is 16.8 Å². The molecule has 1 spiro atoms. The van der Waals surface area contributed by atoms with Crippen molar-refractivity contribution in [1.82, 2.24) is 10.2 Å². The molecule has 1 aliphatic carbocycles. The van der Waals surface area contributed by atoms with Crippen LogP contribution in [0, 0.1) is 23.5 Å². The van der Waals surface area contributed by atoms with Crippen molar-refractivity contribution in [2.75, 3.05) is 6.54 Å². The van der Waals surface area contributed by atoms with E-state index < -0.39 is 17.3 Å². The van der Waals surface area contributed by atoms with Crippen LogP contribution in [0.5, 0.6) is 0 Å². The zero-order valence-electron chi connectivity index (χ0n) is 22.9. The molecule has 0 radical (unpaired) electrons. The average Bonchev–Trinajstić information content (AvgIpc) is 3.18. The number of rotatable bonds is 10. The minimum Gasteiger partial charge on any atom is -0.352 e. The lowest BCUT2D eigenvalue weighted by atomic mass is 9.76. The van der Waals surface area contributed by atoms with Crippen LogP contribution in [0.3, 0.4) is 0 Å². The maximum Gasteiger partial charge on any atom is 0.275 e. The van der Waals surface area contributed by atoms with Crippen LogP contribution < -0.4 is 5.32 Å². The fourth-order valence-corrected chi connectivity index (χ4v) is 5.97. The molecule has 1 unspecified atom stereocenters. The Morgan fingerprint density at radius 2 is 1.77 bits per heavy atom. The van der Waals surface area contributed by atoms with E-state index in [2.05, 4.69) is 26.1 Å². The van der Waals surface area contributed by atoms with E-state index in [1.54, 1.807) is 12.1 Å². The monoisotopic (exact) mass is 537 g/mol. The Kier molecular flexibility index (Phi) is 8.93. The van der Waals surface area contributed by atoms with Gasteiger partial charge in [0.25, 0.3) is 11.8 Å². The van der Waals surface area contributed by atoms with Gasteiger partial charge in [0, 0.05) is 30.2 Å². The predicted octanol–water partition coefficient (Wildman–Crippen LogP) is 6.00. The molecule has 0 bridgehead atoms. The fraction of sp³-hybridized carbons (Fsp3) is 0.484. The maximum atomic E-state index is 14.2. The summed E-state index contributed by atoms with van der Waals surface area (Å²) in [5.74, 6) is -1.04. The number of aliphatic imine (C=N–C) groups is 1. The van der Waals surface area contributed by atoms with Gasteiger partial charge in [-0.2, -0.15) is 0 Å². The van der Waals surface area contributed by atoms with Gasteiger partial charge in [-0.15, -0.1) is 0 Å². The topological polar surface area (TPSA) is 78.8 Å². The lowest BCUT2D eigenvalue weighted by Gasteiger charge is -2.46. The first kappa shape index (κ1) is 28.6. The van der Waals surface area contributed by atoms with Gasteiger partial charge in [-0.25, -0.2) is 8.78 Å². The molecule has 2 aromatic carbocycles. The SMILES string of the molecule is CCCC(c1ccc(C(=O)NCCC=O)cc1)N1C(=O)C(c2cc(F)cc(F)c2)=NC12CCC(C(C)C)CC2. The van der Waals surface area contributed by atoms with Gasteiger partial charge in [-0.1, -0.05) is 39.3 Å². The molecule has 2 aromatic rings. The van der Waals surface area contributed by atoms with E-state index in [1.807, 2.05) is 17.0 Å². The molecule has 0 saturated heterocycles. The zero-order chi connectivity index (χ0) is 28.2. The number of aldehydes is 1. The van der Waals surface area contributed by atoms with E-state index >= 15 is 0 Å². The Morgan fingerprint density at radius 1 is 1.13 bits per heavy atom.